The van der Waals surface area contributed by atoms with E-state index >= 15 is 0 Å². The second-order valence-electron chi connectivity index (χ2n) is 3.44. The fourth-order valence-corrected chi connectivity index (χ4v) is 2.33. The molecule has 2 rings (SSSR count). The Bertz CT molecular complexity index is 480. The molecule has 2 amide bonds. The maximum Gasteiger partial charge on any atom is 0.251 e. The van der Waals surface area contributed by atoms with Gasteiger partial charge in [-0.2, -0.15) is 0 Å². The van der Waals surface area contributed by atoms with E-state index in [-0.39, 0.29) is 11.8 Å². The van der Waals surface area contributed by atoms with E-state index in [1.165, 1.54) is 18.4 Å². The third kappa shape index (κ3) is 2.12. The number of nitrogens with zero attached hydrogens (tertiary/aromatic N) is 2. The second-order valence-corrected chi connectivity index (χ2v) is 5.11. The number of nitrogens with one attached hydrogen (secondary N) is 2. The minimum atomic E-state index is -0.392. The molecule has 1 fully saturated rings. The van der Waals surface area contributed by atoms with Crippen molar-refractivity contribution in [2.45, 2.75) is 18.9 Å². The van der Waals surface area contributed by atoms with Crippen LogP contribution in [0, 0.1) is 3.95 Å². The molecule has 1 aliphatic heterocycles. The van der Waals surface area contributed by atoms with Crippen molar-refractivity contribution >= 4 is 40.5 Å². The van der Waals surface area contributed by atoms with Crippen LogP contribution in [0.5, 0.6) is 0 Å². The lowest BCUT2D eigenvalue weighted by molar-refractivity contribution is -0.146. The molecule has 8 heteroatoms. The molecular weight excluding hydrogens is 248 g/mol. The van der Waals surface area contributed by atoms with Crippen LogP contribution in [0.25, 0.3) is 0 Å². The van der Waals surface area contributed by atoms with Crippen LogP contribution in [0.3, 0.4) is 0 Å². The fraction of sp³-hybridized carbons (Fsp3) is 0.500. The van der Waals surface area contributed by atoms with Crippen LogP contribution in [-0.2, 0) is 9.59 Å². The highest BCUT2D eigenvalue weighted by molar-refractivity contribution is 7.73. The van der Waals surface area contributed by atoms with E-state index in [9.17, 15) is 9.59 Å². The van der Waals surface area contributed by atoms with Crippen molar-refractivity contribution in [1.29, 1.82) is 0 Å². The number of hydrogen-bond acceptors (Lipinski definition) is 6. The molecule has 0 bridgehead atoms. The summed E-state index contributed by atoms with van der Waals surface area (Å²) in [5.74, 6) is -0.366. The number of aromatic nitrogens is 2. The van der Waals surface area contributed by atoms with Gasteiger partial charge in [-0.25, -0.2) is 0 Å². The van der Waals surface area contributed by atoms with E-state index in [0.29, 0.717) is 21.9 Å². The van der Waals surface area contributed by atoms with Crippen LogP contribution >= 0.6 is 23.6 Å². The van der Waals surface area contributed by atoms with Crippen molar-refractivity contribution in [2.24, 2.45) is 0 Å². The number of rotatable bonds is 2. The van der Waals surface area contributed by atoms with Crippen LogP contribution < -0.4 is 5.32 Å². The van der Waals surface area contributed by atoms with Gasteiger partial charge in [-0.05, 0) is 18.6 Å². The number of hydrogen-bond donors (Lipinski definition) is 2. The Labute approximate surface area is 101 Å². The van der Waals surface area contributed by atoms with Gasteiger partial charge in [0.15, 0.2) is 3.95 Å². The number of aromatic amines is 1. The van der Waals surface area contributed by atoms with Gasteiger partial charge in [-0.1, -0.05) is 11.3 Å². The van der Waals surface area contributed by atoms with Crippen molar-refractivity contribution in [1.82, 2.24) is 15.1 Å². The third-order valence-electron chi connectivity index (χ3n) is 2.39. The Morgan fingerprint density at radius 3 is 3.00 bits per heavy atom. The van der Waals surface area contributed by atoms with Crippen molar-refractivity contribution in [3.63, 3.8) is 0 Å². The monoisotopic (exact) mass is 258 g/mol. The first-order chi connectivity index (χ1) is 7.58. The lowest BCUT2D eigenvalue weighted by Crippen LogP contribution is -2.48. The average molecular weight is 258 g/mol. The minimum absolute atomic E-state index is 0.141. The van der Waals surface area contributed by atoms with Crippen molar-refractivity contribution in [3.8, 4) is 0 Å². The van der Waals surface area contributed by atoms with Gasteiger partial charge >= 0.3 is 0 Å². The standard InChI is InChI=1S/C8H10N4O2S2/c1-12-5(13)3-2-4(6(12)14)9-7-10-11-8(15)16-7/h4H,2-3H2,1H3,(H,9,10)(H,11,15). The van der Waals surface area contributed by atoms with Gasteiger partial charge in [0.2, 0.25) is 11.0 Å². The number of amides is 2. The van der Waals surface area contributed by atoms with Crippen LogP contribution in [0.2, 0.25) is 0 Å². The zero-order valence-electron chi connectivity index (χ0n) is 8.52. The molecule has 16 heavy (non-hydrogen) atoms. The summed E-state index contributed by atoms with van der Waals surface area (Å²) in [7, 11) is 1.49. The Morgan fingerprint density at radius 2 is 2.38 bits per heavy atom. The van der Waals surface area contributed by atoms with Crippen LogP contribution in [0.1, 0.15) is 12.8 Å². The number of carbonyl (C=O) groups excluding carboxylic acids is 2. The van der Waals surface area contributed by atoms with Crippen molar-refractivity contribution < 1.29 is 9.59 Å². The van der Waals surface area contributed by atoms with Gasteiger partial charge in [-0.3, -0.25) is 19.6 Å². The molecule has 1 atom stereocenters. The third-order valence-corrected chi connectivity index (χ3v) is 3.41. The summed E-state index contributed by atoms with van der Waals surface area (Å²) in [6, 6.07) is -0.392. The Balaban J connectivity index is 2.08. The highest BCUT2D eigenvalue weighted by Gasteiger charge is 2.31. The molecule has 86 valence electrons. The molecular formula is C8H10N4O2S2. The molecule has 0 radical (unpaired) electrons. The Hall–Kier alpha value is -1.28. The van der Waals surface area contributed by atoms with Crippen LogP contribution in [0.4, 0.5) is 5.13 Å². The van der Waals surface area contributed by atoms with E-state index in [2.05, 4.69) is 15.5 Å². The molecule has 0 aromatic carbocycles. The van der Waals surface area contributed by atoms with E-state index in [1.54, 1.807) is 0 Å². The molecule has 0 saturated carbocycles. The van der Waals surface area contributed by atoms with Gasteiger partial charge in [0.1, 0.15) is 6.04 Å². The van der Waals surface area contributed by atoms with Gasteiger partial charge < -0.3 is 5.32 Å². The zero-order chi connectivity index (χ0) is 11.7. The van der Waals surface area contributed by atoms with Crippen molar-refractivity contribution in [2.75, 3.05) is 12.4 Å². The molecule has 1 saturated heterocycles. The zero-order valence-corrected chi connectivity index (χ0v) is 10.2. The molecule has 0 aliphatic carbocycles. The van der Waals surface area contributed by atoms with Gasteiger partial charge in [-0.15, -0.1) is 5.10 Å². The lowest BCUT2D eigenvalue weighted by atomic mass is 10.1. The molecule has 6 nitrogen and oxygen atoms in total. The number of likely N-dealkylation sites (tertiary alicyclic amines) is 1. The maximum atomic E-state index is 11.7. The molecule has 1 unspecified atom stereocenters. The number of H-pyrrole nitrogens is 1. The second kappa shape index (κ2) is 4.30. The number of carbonyl (C=O) groups is 2. The van der Waals surface area contributed by atoms with Gasteiger partial charge in [0, 0.05) is 13.5 Å². The van der Waals surface area contributed by atoms with E-state index in [0.717, 1.165) is 4.90 Å². The smallest absolute Gasteiger partial charge is 0.251 e. The first-order valence-electron chi connectivity index (χ1n) is 4.70. The highest BCUT2D eigenvalue weighted by atomic mass is 32.1. The maximum absolute atomic E-state index is 11.7. The van der Waals surface area contributed by atoms with E-state index in [4.69, 9.17) is 12.2 Å². The average Bonchev–Trinajstić information content (AvgIpc) is 2.65. The SMILES string of the molecule is CN1C(=O)CCC(Nc2n[nH]c(=S)s2)C1=O. The Kier molecular flexibility index (Phi) is 3.01. The first-order valence-corrected chi connectivity index (χ1v) is 5.93. The molecule has 0 spiro atoms. The number of piperidine rings is 1. The fourth-order valence-electron chi connectivity index (χ4n) is 1.49. The van der Waals surface area contributed by atoms with Gasteiger partial charge in [0.25, 0.3) is 5.91 Å². The topological polar surface area (TPSA) is 78.1 Å². The minimum Gasteiger partial charge on any atom is -0.348 e. The first kappa shape index (κ1) is 11.2. The predicted octanol–water partition coefficient (Wildman–Crippen LogP) is 0.760. The summed E-state index contributed by atoms with van der Waals surface area (Å²) >= 11 is 6.15. The van der Waals surface area contributed by atoms with E-state index < -0.39 is 6.04 Å². The molecule has 2 heterocycles. The Morgan fingerprint density at radius 1 is 1.62 bits per heavy atom. The largest absolute Gasteiger partial charge is 0.348 e. The highest BCUT2D eigenvalue weighted by Crippen LogP contribution is 2.18. The number of likely N-dealkylation sites (N-methyl/N-ethyl adjacent to an activating group) is 1. The normalized spacial score (nSPS) is 21.3. The van der Waals surface area contributed by atoms with Crippen molar-refractivity contribution in [3.05, 3.63) is 3.95 Å². The summed E-state index contributed by atoms with van der Waals surface area (Å²) in [4.78, 5) is 24.1. The molecule has 1 aromatic heterocycles. The summed E-state index contributed by atoms with van der Waals surface area (Å²) in [5.41, 5.74) is 0. The summed E-state index contributed by atoms with van der Waals surface area (Å²) < 4.78 is 0.551. The molecule has 1 aromatic rings. The van der Waals surface area contributed by atoms with Crippen LogP contribution in [0.15, 0.2) is 0 Å². The lowest BCUT2D eigenvalue weighted by Gasteiger charge is -2.27. The molecule has 1 aliphatic rings. The summed E-state index contributed by atoms with van der Waals surface area (Å²) in [5, 5.41) is 10.1. The van der Waals surface area contributed by atoms with Crippen LogP contribution in [-0.4, -0.2) is 40.0 Å². The predicted molar refractivity (Wildman–Crippen MR) is 61.7 cm³/mol. The van der Waals surface area contributed by atoms with E-state index in [1.807, 2.05) is 0 Å². The number of anilines is 1. The quantitative estimate of drug-likeness (QED) is 0.605. The molecule has 2 N–H and O–H groups in total. The number of imide groups is 1. The summed E-state index contributed by atoms with van der Waals surface area (Å²) in [6.45, 7) is 0. The summed E-state index contributed by atoms with van der Waals surface area (Å²) in [6.07, 6.45) is 0.865. The van der Waals surface area contributed by atoms with Gasteiger partial charge in [0.05, 0.1) is 0 Å².